The molecule has 2 aromatic heterocycles. The molecule has 2 aromatic rings. The van der Waals surface area contributed by atoms with Crippen molar-refractivity contribution in [1.29, 1.82) is 5.26 Å². The highest BCUT2D eigenvalue weighted by molar-refractivity contribution is 7.99. The zero-order valence-electron chi connectivity index (χ0n) is 12.5. The van der Waals surface area contributed by atoms with Gasteiger partial charge in [0, 0.05) is 29.3 Å². The van der Waals surface area contributed by atoms with Crippen LogP contribution in [0.15, 0.2) is 36.8 Å². The molecule has 0 radical (unpaired) electrons. The molecule has 3 N–H and O–H groups in total. The zero-order valence-corrected chi connectivity index (χ0v) is 13.3. The van der Waals surface area contributed by atoms with Crippen LogP contribution in [0.25, 0.3) is 11.1 Å². The summed E-state index contributed by atoms with van der Waals surface area (Å²) in [4.78, 5) is 8.12. The number of nitriles is 1. The number of hydrogen-bond acceptors (Lipinski definition) is 8. The second-order valence-electron chi connectivity index (χ2n) is 5.32. The maximum atomic E-state index is 10.00. The first-order chi connectivity index (χ1) is 11.6. The van der Waals surface area contributed by atoms with Crippen LogP contribution in [-0.4, -0.2) is 54.8 Å². The molecule has 0 saturated carbocycles. The smallest absolute Gasteiger partial charge is 0.173 e. The van der Waals surface area contributed by atoms with Gasteiger partial charge in [-0.2, -0.15) is 5.26 Å². The van der Waals surface area contributed by atoms with Crippen molar-refractivity contribution in [3.63, 3.8) is 0 Å². The standard InChI is InChI=1S/C16H15N3O4S/c17-4-11-2-1-9(6-19-11)10-3-12(7-18-5-10)23-16-15(22)14(21)13(20)8-24-16/h1-3,5-7,13-16,20-22H,8H2/t13-,14+,15-,16-/m1/s1. The first-order valence-electron chi connectivity index (χ1n) is 7.22. The number of pyridine rings is 2. The van der Waals surface area contributed by atoms with Gasteiger partial charge in [0.2, 0.25) is 0 Å². The molecule has 1 aliphatic heterocycles. The van der Waals surface area contributed by atoms with E-state index >= 15 is 0 Å². The third-order valence-electron chi connectivity index (χ3n) is 3.63. The fraction of sp³-hybridized carbons (Fsp3) is 0.312. The van der Waals surface area contributed by atoms with E-state index in [1.165, 1.54) is 18.0 Å². The van der Waals surface area contributed by atoms with Crippen molar-refractivity contribution < 1.29 is 20.1 Å². The quantitative estimate of drug-likeness (QED) is 0.738. The summed E-state index contributed by atoms with van der Waals surface area (Å²) in [5.41, 5.74) is 1.16. The molecule has 1 fully saturated rings. The minimum Gasteiger partial charge on any atom is -0.475 e. The number of ether oxygens (including phenoxy) is 1. The third kappa shape index (κ3) is 3.49. The molecule has 0 spiro atoms. The Bertz CT molecular complexity index is 750. The highest BCUT2D eigenvalue weighted by Gasteiger charge is 2.38. The SMILES string of the molecule is N#Cc1ccc(-c2cncc(O[C@@H]3SC[C@@H](O)[C@H](O)[C@H]3O)c2)cn1. The van der Waals surface area contributed by atoms with Crippen LogP contribution in [0.2, 0.25) is 0 Å². The Morgan fingerprint density at radius 3 is 2.67 bits per heavy atom. The average Bonchev–Trinajstić information content (AvgIpc) is 2.62. The van der Waals surface area contributed by atoms with E-state index in [4.69, 9.17) is 10.00 Å². The second kappa shape index (κ2) is 7.15. The van der Waals surface area contributed by atoms with Gasteiger partial charge in [0.1, 0.15) is 29.7 Å². The van der Waals surface area contributed by atoms with E-state index in [1.807, 2.05) is 6.07 Å². The van der Waals surface area contributed by atoms with Gasteiger partial charge in [0.05, 0.1) is 12.3 Å². The Morgan fingerprint density at radius 2 is 1.96 bits per heavy atom. The number of aromatic nitrogens is 2. The van der Waals surface area contributed by atoms with Gasteiger partial charge in [-0.3, -0.25) is 4.98 Å². The molecule has 0 amide bonds. The van der Waals surface area contributed by atoms with E-state index < -0.39 is 23.7 Å². The molecular weight excluding hydrogens is 330 g/mol. The van der Waals surface area contributed by atoms with E-state index in [9.17, 15) is 15.3 Å². The summed E-state index contributed by atoms with van der Waals surface area (Å²) < 4.78 is 5.70. The number of hydrogen-bond donors (Lipinski definition) is 3. The van der Waals surface area contributed by atoms with Crippen LogP contribution >= 0.6 is 11.8 Å². The first-order valence-corrected chi connectivity index (χ1v) is 8.27. The van der Waals surface area contributed by atoms with E-state index in [1.54, 1.807) is 30.6 Å². The molecule has 3 heterocycles. The molecule has 7 nitrogen and oxygen atoms in total. The Labute approximate surface area is 142 Å². The summed E-state index contributed by atoms with van der Waals surface area (Å²) in [6.45, 7) is 0. The minimum atomic E-state index is -1.24. The van der Waals surface area contributed by atoms with Crippen LogP contribution in [0.1, 0.15) is 5.69 Å². The Balaban J connectivity index is 1.77. The van der Waals surface area contributed by atoms with Crippen LogP contribution in [0.3, 0.4) is 0 Å². The Hall–Kier alpha value is -2.18. The molecule has 0 aliphatic carbocycles. The van der Waals surface area contributed by atoms with Crippen LogP contribution in [0, 0.1) is 11.3 Å². The predicted octanol–water partition coefficient (Wildman–Crippen LogP) is 0.550. The lowest BCUT2D eigenvalue weighted by Crippen LogP contribution is -2.50. The van der Waals surface area contributed by atoms with E-state index in [2.05, 4.69) is 9.97 Å². The van der Waals surface area contributed by atoms with Gasteiger partial charge in [-0.15, -0.1) is 11.8 Å². The predicted molar refractivity (Wildman–Crippen MR) is 87.1 cm³/mol. The highest BCUT2D eigenvalue weighted by Crippen LogP contribution is 2.30. The van der Waals surface area contributed by atoms with Crippen molar-refractivity contribution in [2.75, 3.05) is 5.75 Å². The van der Waals surface area contributed by atoms with Crippen molar-refractivity contribution in [3.05, 3.63) is 42.5 Å². The molecule has 3 rings (SSSR count). The fourth-order valence-electron chi connectivity index (χ4n) is 2.29. The van der Waals surface area contributed by atoms with Gasteiger partial charge in [0.25, 0.3) is 0 Å². The third-order valence-corrected chi connectivity index (χ3v) is 4.87. The van der Waals surface area contributed by atoms with Crippen LogP contribution in [0.5, 0.6) is 5.75 Å². The average molecular weight is 345 g/mol. The Kier molecular flexibility index (Phi) is 4.97. The normalized spacial score (nSPS) is 26.6. The molecule has 1 saturated heterocycles. The topological polar surface area (TPSA) is 119 Å². The zero-order chi connectivity index (χ0) is 17.1. The van der Waals surface area contributed by atoms with Gasteiger partial charge in [-0.1, -0.05) is 0 Å². The molecular formula is C16H15N3O4S. The number of aliphatic hydroxyl groups excluding tert-OH is 3. The van der Waals surface area contributed by atoms with Gasteiger partial charge < -0.3 is 20.1 Å². The summed E-state index contributed by atoms with van der Waals surface area (Å²) >= 11 is 1.23. The lowest BCUT2D eigenvalue weighted by atomic mass is 10.1. The molecule has 8 heteroatoms. The number of thioether (sulfide) groups is 1. The lowest BCUT2D eigenvalue weighted by Gasteiger charge is -2.34. The van der Waals surface area contributed by atoms with Gasteiger partial charge in [0.15, 0.2) is 5.44 Å². The highest BCUT2D eigenvalue weighted by atomic mass is 32.2. The molecule has 1 aliphatic rings. The molecule has 24 heavy (non-hydrogen) atoms. The van der Waals surface area contributed by atoms with Gasteiger partial charge in [-0.25, -0.2) is 4.98 Å². The largest absolute Gasteiger partial charge is 0.475 e. The first kappa shape index (κ1) is 16.7. The summed E-state index contributed by atoms with van der Waals surface area (Å²) in [6, 6.07) is 7.07. The van der Waals surface area contributed by atoms with Crippen LogP contribution in [0.4, 0.5) is 0 Å². The van der Waals surface area contributed by atoms with Crippen molar-refractivity contribution in [2.24, 2.45) is 0 Å². The molecule has 0 bridgehead atoms. The van der Waals surface area contributed by atoms with Crippen molar-refractivity contribution >= 4 is 11.8 Å². The minimum absolute atomic E-state index is 0.273. The second-order valence-corrected chi connectivity index (χ2v) is 6.45. The van der Waals surface area contributed by atoms with Crippen molar-refractivity contribution in [3.8, 4) is 22.9 Å². The number of nitrogens with zero attached hydrogens (tertiary/aromatic N) is 3. The summed E-state index contributed by atoms with van der Waals surface area (Å²) in [5.74, 6) is 0.701. The van der Waals surface area contributed by atoms with Crippen LogP contribution in [-0.2, 0) is 0 Å². The van der Waals surface area contributed by atoms with Gasteiger partial charge in [-0.05, 0) is 18.2 Å². The number of rotatable bonds is 3. The summed E-state index contributed by atoms with van der Waals surface area (Å²) in [6.07, 6.45) is 1.31. The number of aliphatic hydroxyl groups is 3. The molecule has 0 unspecified atom stereocenters. The lowest BCUT2D eigenvalue weighted by molar-refractivity contribution is -0.0786. The van der Waals surface area contributed by atoms with Crippen LogP contribution < -0.4 is 4.74 Å². The van der Waals surface area contributed by atoms with E-state index in [-0.39, 0.29) is 5.75 Å². The van der Waals surface area contributed by atoms with Crippen molar-refractivity contribution in [1.82, 2.24) is 9.97 Å². The summed E-state index contributed by atoms with van der Waals surface area (Å²) in [7, 11) is 0. The fourth-order valence-corrected chi connectivity index (χ4v) is 3.41. The Morgan fingerprint density at radius 1 is 1.12 bits per heavy atom. The molecule has 0 aromatic carbocycles. The maximum Gasteiger partial charge on any atom is 0.173 e. The monoisotopic (exact) mass is 345 g/mol. The molecule has 124 valence electrons. The molecule has 4 atom stereocenters. The van der Waals surface area contributed by atoms with E-state index in [0.29, 0.717) is 11.4 Å². The summed E-state index contributed by atoms with van der Waals surface area (Å²) in [5, 5.41) is 38.0. The van der Waals surface area contributed by atoms with E-state index in [0.717, 1.165) is 11.1 Å². The van der Waals surface area contributed by atoms with Crippen molar-refractivity contribution in [2.45, 2.75) is 23.7 Å². The van der Waals surface area contributed by atoms with Gasteiger partial charge >= 0.3 is 0 Å². The maximum absolute atomic E-state index is 10.00.